The van der Waals surface area contributed by atoms with E-state index in [4.69, 9.17) is 0 Å². The average molecular weight is 937 g/mol. The second kappa shape index (κ2) is 18.2. The van der Waals surface area contributed by atoms with Crippen molar-refractivity contribution in [2.75, 3.05) is 0 Å². The maximum Gasteiger partial charge on any atom is -0.00201 e. The van der Waals surface area contributed by atoms with E-state index in [1.54, 1.807) is 0 Å². The van der Waals surface area contributed by atoms with Crippen LogP contribution >= 0.6 is 0 Å². The Balaban J connectivity index is 0.000000138. The molecule has 74 heavy (non-hydrogen) atoms. The first-order valence-corrected chi connectivity index (χ1v) is 25.7. The lowest BCUT2D eigenvalue weighted by atomic mass is 9.84. The largest absolute Gasteiger partial charge is 0.0616 e. The maximum atomic E-state index is 2.33. The van der Waals surface area contributed by atoms with Crippen molar-refractivity contribution in [2.45, 2.75) is 0 Å². The van der Waals surface area contributed by atoms with Crippen LogP contribution in [0.3, 0.4) is 0 Å². The summed E-state index contributed by atoms with van der Waals surface area (Å²) in [5.41, 5.74) is 12.8. The zero-order chi connectivity index (χ0) is 49.0. The summed E-state index contributed by atoms with van der Waals surface area (Å²) in [5, 5.41) is 20.5. The second-order valence-corrected chi connectivity index (χ2v) is 19.4. The van der Waals surface area contributed by atoms with Crippen LogP contribution < -0.4 is 0 Å². The van der Waals surface area contributed by atoms with Crippen LogP contribution in [0, 0.1) is 0 Å². The lowest BCUT2D eigenvalue weighted by molar-refractivity contribution is 1.63. The molecule has 344 valence electrons. The Morgan fingerprint density at radius 3 is 0.824 bits per heavy atom. The number of hydrogen-bond acceptors (Lipinski definition) is 0. The van der Waals surface area contributed by atoms with Crippen molar-refractivity contribution in [3.05, 3.63) is 291 Å². The second-order valence-electron chi connectivity index (χ2n) is 19.4. The van der Waals surface area contributed by atoms with Crippen LogP contribution in [0.2, 0.25) is 0 Å². The van der Waals surface area contributed by atoms with Crippen molar-refractivity contribution < 1.29 is 0 Å². The highest BCUT2D eigenvalue weighted by atomic mass is 14.2. The summed E-state index contributed by atoms with van der Waals surface area (Å²) in [6, 6.07) is 106. The minimum absolute atomic E-state index is 1.23. The Morgan fingerprint density at radius 1 is 0.135 bits per heavy atom. The Bertz CT molecular complexity index is 4530. The molecule has 15 rings (SSSR count). The van der Waals surface area contributed by atoms with Crippen LogP contribution in [0.1, 0.15) is 0 Å². The van der Waals surface area contributed by atoms with Gasteiger partial charge in [0.05, 0.1) is 0 Å². The summed E-state index contributed by atoms with van der Waals surface area (Å²) in [7, 11) is 0. The lowest BCUT2D eigenvalue weighted by Crippen LogP contribution is -1.91. The monoisotopic (exact) mass is 936 g/mol. The fourth-order valence-corrected chi connectivity index (χ4v) is 11.9. The number of fused-ring (bicyclic) bond motifs is 8. The number of hydrogen-bond donors (Lipinski definition) is 0. The minimum Gasteiger partial charge on any atom is -0.0616 e. The van der Waals surface area contributed by atoms with E-state index in [1.165, 1.54) is 142 Å². The van der Waals surface area contributed by atoms with Crippen LogP contribution in [0.4, 0.5) is 0 Å². The molecule has 0 saturated heterocycles. The molecule has 0 unspecified atom stereocenters. The number of benzene rings is 15. The van der Waals surface area contributed by atoms with E-state index < -0.39 is 0 Å². The first-order chi connectivity index (χ1) is 36.7. The molecule has 0 heterocycles. The number of rotatable bonds is 5. The van der Waals surface area contributed by atoms with E-state index >= 15 is 0 Å². The van der Waals surface area contributed by atoms with Gasteiger partial charge in [-0.1, -0.05) is 279 Å². The Labute approximate surface area is 430 Å². The molecule has 0 aliphatic carbocycles. The van der Waals surface area contributed by atoms with E-state index in [-0.39, 0.29) is 0 Å². The Morgan fingerprint density at radius 2 is 0.405 bits per heavy atom. The van der Waals surface area contributed by atoms with Crippen LogP contribution in [0.15, 0.2) is 291 Å². The molecule has 0 saturated carbocycles. The maximum absolute atomic E-state index is 2.33. The normalized spacial score (nSPS) is 11.5. The molecule has 15 aromatic rings. The smallest absolute Gasteiger partial charge is 0.00201 e. The van der Waals surface area contributed by atoms with Gasteiger partial charge >= 0.3 is 0 Å². The summed E-state index contributed by atoms with van der Waals surface area (Å²) in [6.07, 6.45) is 0. The van der Waals surface area contributed by atoms with Gasteiger partial charge < -0.3 is 0 Å². The van der Waals surface area contributed by atoms with Crippen molar-refractivity contribution in [1.29, 1.82) is 0 Å². The fraction of sp³-hybridized carbons (Fsp3) is 0. The predicted molar refractivity (Wildman–Crippen MR) is 320 cm³/mol. The molecule has 0 aromatic heterocycles. The average Bonchev–Trinajstić information content (AvgIpc) is 3.48. The van der Waals surface area contributed by atoms with Gasteiger partial charge in [-0.25, -0.2) is 0 Å². The molecular formula is C74H48. The van der Waals surface area contributed by atoms with Gasteiger partial charge in [-0.2, -0.15) is 0 Å². The van der Waals surface area contributed by atoms with E-state index in [0.717, 1.165) is 0 Å². The van der Waals surface area contributed by atoms with Crippen molar-refractivity contribution >= 4 is 86.2 Å². The van der Waals surface area contributed by atoms with Gasteiger partial charge in [0, 0.05) is 0 Å². The van der Waals surface area contributed by atoms with E-state index in [0.29, 0.717) is 0 Å². The molecule has 0 N–H and O–H groups in total. The summed E-state index contributed by atoms with van der Waals surface area (Å²) >= 11 is 0. The van der Waals surface area contributed by atoms with Gasteiger partial charge in [0.25, 0.3) is 0 Å². The molecule has 0 heteroatoms. The van der Waals surface area contributed by atoms with Gasteiger partial charge in [0.15, 0.2) is 0 Å². The molecule has 0 radical (unpaired) electrons. The third-order valence-electron chi connectivity index (χ3n) is 15.3. The van der Waals surface area contributed by atoms with Gasteiger partial charge in [-0.05, 0) is 154 Å². The first-order valence-electron chi connectivity index (χ1n) is 25.7. The molecular weight excluding hydrogens is 889 g/mol. The summed E-state index contributed by atoms with van der Waals surface area (Å²) in [6.45, 7) is 0. The topological polar surface area (TPSA) is 0 Å². The van der Waals surface area contributed by atoms with Crippen LogP contribution in [0.25, 0.3) is 142 Å². The quantitative estimate of drug-likeness (QED) is 0.151. The van der Waals surface area contributed by atoms with E-state index in [9.17, 15) is 0 Å². The summed E-state index contributed by atoms with van der Waals surface area (Å²) in [4.78, 5) is 0. The molecule has 0 bridgehead atoms. The van der Waals surface area contributed by atoms with E-state index in [1.807, 2.05) is 0 Å². The Kier molecular flexibility index (Phi) is 10.6. The molecule has 0 fully saturated rings. The van der Waals surface area contributed by atoms with Crippen LogP contribution in [-0.4, -0.2) is 0 Å². The van der Waals surface area contributed by atoms with Crippen molar-refractivity contribution in [3.63, 3.8) is 0 Å². The third kappa shape index (κ3) is 7.39. The molecule has 0 spiro atoms. The lowest BCUT2D eigenvalue weighted by Gasteiger charge is -2.19. The fourth-order valence-electron chi connectivity index (χ4n) is 11.9. The minimum atomic E-state index is 1.23. The van der Waals surface area contributed by atoms with Gasteiger partial charge in [-0.15, -0.1) is 0 Å². The molecule has 0 amide bonds. The van der Waals surface area contributed by atoms with Gasteiger partial charge in [-0.3, -0.25) is 0 Å². The standard InChI is InChI=1S/C40H26.C34H22/c1-2-12-31-26-32(25-22-27(31)10-1)28-20-23-30(24-21-28)39-35-15-5-7-17-37(35)40(38-18-8-6-16-36(38)39)34-19-9-13-29-11-3-4-14-33(29)34;1-2-12-25-22-26(21-20-23(25)10-1)33-29-15-5-7-17-31(29)34(32-18-8-6-16-30(32)33)28-19-9-13-24-11-3-4-14-27(24)28/h1-26H;1-22H. The molecule has 0 aliphatic rings. The first kappa shape index (κ1) is 43.2. The summed E-state index contributed by atoms with van der Waals surface area (Å²) in [5.74, 6) is 0. The molecule has 0 nitrogen and oxygen atoms in total. The SMILES string of the molecule is c1ccc2cc(-c3c4ccccc4c(-c4cccc5ccccc45)c4ccccc34)ccc2c1.c1ccc2cc(-c3ccc(-c4c5ccccc5c(-c5cccc6ccccc56)c5ccccc45)cc3)ccc2c1. The zero-order valence-corrected chi connectivity index (χ0v) is 40.7. The van der Waals surface area contributed by atoms with Gasteiger partial charge in [0.2, 0.25) is 0 Å². The van der Waals surface area contributed by atoms with Crippen molar-refractivity contribution in [2.24, 2.45) is 0 Å². The Hall–Kier alpha value is -9.62. The molecule has 15 aromatic carbocycles. The zero-order valence-electron chi connectivity index (χ0n) is 40.7. The van der Waals surface area contributed by atoms with Crippen LogP contribution in [-0.2, 0) is 0 Å². The van der Waals surface area contributed by atoms with Crippen molar-refractivity contribution in [3.8, 4) is 55.6 Å². The highest BCUT2D eigenvalue weighted by Gasteiger charge is 2.20. The highest BCUT2D eigenvalue weighted by Crippen LogP contribution is 2.47. The third-order valence-corrected chi connectivity index (χ3v) is 15.3. The van der Waals surface area contributed by atoms with E-state index in [2.05, 4.69) is 291 Å². The van der Waals surface area contributed by atoms with Crippen molar-refractivity contribution in [1.82, 2.24) is 0 Å². The van der Waals surface area contributed by atoms with Gasteiger partial charge in [0.1, 0.15) is 0 Å². The highest BCUT2D eigenvalue weighted by molar-refractivity contribution is 6.25. The molecule has 0 aliphatic heterocycles. The predicted octanol–water partition coefficient (Wildman–Crippen LogP) is 20.9. The summed E-state index contributed by atoms with van der Waals surface area (Å²) < 4.78 is 0. The molecule has 0 atom stereocenters. The van der Waals surface area contributed by atoms with Crippen LogP contribution in [0.5, 0.6) is 0 Å².